The number of methoxy groups -OCH3 is 1. The molecule has 0 saturated carbocycles. The van der Waals surface area contributed by atoms with E-state index in [9.17, 15) is 4.79 Å². The molecule has 0 bridgehead atoms. The second kappa shape index (κ2) is 11.8. The highest BCUT2D eigenvalue weighted by Gasteiger charge is 2.13. The van der Waals surface area contributed by atoms with E-state index >= 15 is 0 Å². The normalized spacial score (nSPS) is 11.4. The molecule has 2 aromatic rings. The van der Waals surface area contributed by atoms with Crippen LogP contribution in [0, 0.1) is 0 Å². The van der Waals surface area contributed by atoms with Gasteiger partial charge in [-0.25, -0.2) is 4.79 Å². The van der Waals surface area contributed by atoms with Crippen LogP contribution in [0.15, 0.2) is 42.5 Å². The molecule has 0 radical (unpaired) electrons. The summed E-state index contributed by atoms with van der Waals surface area (Å²) in [5.41, 5.74) is 1.96. The fraction of sp³-hybridized carbons (Fsp3) is 0.435. The minimum Gasteiger partial charge on any atom is -0.497 e. The molecule has 0 aromatic heterocycles. The fourth-order valence-corrected chi connectivity index (χ4v) is 2.71. The molecule has 0 aliphatic heterocycles. The molecule has 1 unspecified atom stereocenters. The van der Waals surface area contributed by atoms with Crippen LogP contribution >= 0.6 is 0 Å². The van der Waals surface area contributed by atoms with Gasteiger partial charge in [0.05, 0.1) is 26.4 Å². The summed E-state index contributed by atoms with van der Waals surface area (Å²) in [6, 6.07) is 13.0. The minimum atomic E-state index is -0.226. The first kappa shape index (κ1) is 22.4. The molecule has 2 amide bonds. The topological polar surface area (TPSA) is 68.8 Å². The van der Waals surface area contributed by atoms with Gasteiger partial charge < -0.3 is 24.8 Å². The summed E-state index contributed by atoms with van der Waals surface area (Å²) in [6.07, 6.45) is 1.85. The van der Waals surface area contributed by atoms with Crippen LogP contribution in [0.3, 0.4) is 0 Å². The van der Waals surface area contributed by atoms with Gasteiger partial charge in [-0.1, -0.05) is 32.0 Å². The molecule has 0 saturated heterocycles. The molecule has 2 rings (SSSR count). The van der Waals surface area contributed by atoms with E-state index in [-0.39, 0.29) is 12.1 Å². The molecular formula is C23H32N2O4. The number of nitrogens with one attached hydrogen (secondary N) is 2. The van der Waals surface area contributed by atoms with Crippen LogP contribution in [0.5, 0.6) is 17.2 Å². The summed E-state index contributed by atoms with van der Waals surface area (Å²) in [4.78, 5) is 12.3. The Kier molecular flexibility index (Phi) is 9.15. The molecule has 1 atom stereocenters. The van der Waals surface area contributed by atoms with Crippen molar-refractivity contribution in [1.29, 1.82) is 0 Å². The van der Waals surface area contributed by atoms with Crippen LogP contribution in [-0.4, -0.2) is 26.4 Å². The maximum absolute atomic E-state index is 12.3. The predicted octanol–water partition coefficient (Wildman–Crippen LogP) is 4.83. The Hall–Kier alpha value is -2.89. The monoisotopic (exact) mass is 400 g/mol. The zero-order valence-electron chi connectivity index (χ0n) is 17.8. The third kappa shape index (κ3) is 7.22. The second-order valence-corrected chi connectivity index (χ2v) is 6.80. The van der Waals surface area contributed by atoms with Gasteiger partial charge in [0.15, 0.2) is 11.5 Å². The highest BCUT2D eigenvalue weighted by molar-refractivity contribution is 5.74. The zero-order valence-corrected chi connectivity index (χ0v) is 17.8. The molecule has 0 aliphatic rings. The van der Waals surface area contributed by atoms with Crippen molar-refractivity contribution >= 4 is 6.03 Å². The van der Waals surface area contributed by atoms with Gasteiger partial charge in [0, 0.05) is 6.54 Å². The van der Waals surface area contributed by atoms with Crippen molar-refractivity contribution in [3.63, 3.8) is 0 Å². The lowest BCUT2D eigenvalue weighted by molar-refractivity contribution is 0.237. The van der Waals surface area contributed by atoms with E-state index in [2.05, 4.69) is 24.5 Å². The average molecular weight is 401 g/mol. The standard InChI is InChI=1S/C23H32N2O4/c1-5-13-28-21-12-9-19(15-22(21)29-14-6-2)17(3)25-23(26)24-16-18-7-10-20(27-4)11-8-18/h7-12,15,17H,5-6,13-14,16H2,1-4H3,(H2,24,25,26). The summed E-state index contributed by atoms with van der Waals surface area (Å²) in [6.45, 7) is 7.78. The quantitative estimate of drug-likeness (QED) is 0.567. The van der Waals surface area contributed by atoms with E-state index in [1.165, 1.54) is 0 Å². The van der Waals surface area contributed by atoms with Gasteiger partial charge >= 0.3 is 6.03 Å². The van der Waals surface area contributed by atoms with E-state index in [1.807, 2.05) is 49.4 Å². The van der Waals surface area contributed by atoms with Gasteiger partial charge in [-0.3, -0.25) is 0 Å². The first-order valence-electron chi connectivity index (χ1n) is 10.1. The van der Waals surface area contributed by atoms with E-state index in [0.717, 1.165) is 35.5 Å². The van der Waals surface area contributed by atoms with Crippen molar-refractivity contribution in [2.24, 2.45) is 0 Å². The fourth-order valence-electron chi connectivity index (χ4n) is 2.71. The lowest BCUT2D eigenvalue weighted by Crippen LogP contribution is -2.36. The summed E-state index contributed by atoms with van der Waals surface area (Å²) in [5, 5.41) is 5.84. The molecule has 0 heterocycles. The lowest BCUT2D eigenvalue weighted by atomic mass is 10.1. The van der Waals surface area contributed by atoms with Gasteiger partial charge in [-0.15, -0.1) is 0 Å². The summed E-state index contributed by atoms with van der Waals surface area (Å²) >= 11 is 0. The van der Waals surface area contributed by atoms with Crippen LogP contribution in [-0.2, 0) is 6.54 Å². The van der Waals surface area contributed by atoms with Crippen LogP contribution in [0.25, 0.3) is 0 Å². The average Bonchev–Trinajstić information content (AvgIpc) is 2.75. The Morgan fingerprint density at radius 2 is 1.62 bits per heavy atom. The van der Waals surface area contributed by atoms with Gasteiger partial charge in [0.1, 0.15) is 5.75 Å². The lowest BCUT2D eigenvalue weighted by Gasteiger charge is -2.18. The predicted molar refractivity (Wildman–Crippen MR) is 115 cm³/mol. The van der Waals surface area contributed by atoms with Crippen LogP contribution < -0.4 is 24.8 Å². The Balaban J connectivity index is 1.95. The smallest absolute Gasteiger partial charge is 0.315 e. The highest BCUT2D eigenvalue weighted by Crippen LogP contribution is 2.31. The molecule has 158 valence electrons. The number of benzene rings is 2. The molecule has 29 heavy (non-hydrogen) atoms. The molecule has 6 nitrogen and oxygen atoms in total. The summed E-state index contributed by atoms with van der Waals surface area (Å²) < 4.78 is 16.8. The summed E-state index contributed by atoms with van der Waals surface area (Å²) in [5.74, 6) is 2.24. The van der Waals surface area contributed by atoms with E-state index in [0.29, 0.717) is 25.5 Å². The van der Waals surface area contributed by atoms with Gasteiger partial charge in [0.25, 0.3) is 0 Å². The Bertz CT molecular complexity index is 762. The van der Waals surface area contributed by atoms with Crippen molar-refractivity contribution in [1.82, 2.24) is 10.6 Å². The van der Waals surface area contributed by atoms with Gasteiger partial charge in [-0.05, 0) is 55.2 Å². The largest absolute Gasteiger partial charge is 0.497 e. The maximum atomic E-state index is 12.3. The SMILES string of the molecule is CCCOc1ccc(C(C)NC(=O)NCc2ccc(OC)cc2)cc1OCCC. The molecule has 2 N–H and O–H groups in total. The molecule has 6 heteroatoms. The molecule has 0 fully saturated rings. The number of rotatable bonds is 11. The van der Waals surface area contributed by atoms with Crippen molar-refractivity contribution < 1.29 is 19.0 Å². The highest BCUT2D eigenvalue weighted by atomic mass is 16.5. The van der Waals surface area contributed by atoms with E-state index < -0.39 is 0 Å². The minimum absolute atomic E-state index is 0.171. The van der Waals surface area contributed by atoms with Crippen LogP contribution in [0.4, 0.5) is 4.79 Å². The van der Waals surface area contributed by atoms with Gasteiger partial charge in [-0.2, -0.15) is 0 Å². The Morgan fingerprint density at radius 3 is 2.24 bits per heavy atom. The number of carbonyl (C=O) groups excluding carboxylic acids is 1. The molecule has 0 aliphatic carbocycles. The van der Waals surface area contributed by atoms with Gasteiger partial charge in [0.2, 0.25) is 0 Å². The maximum Gasteiger partial charge on any atom is 0.315 e. The number of carbonyl (C=O) groups is 1. The number of ether oxygens (including phenoxy) is 3. The Morgan fingerprint density at radius 1 is 0.966 bits per heavy atom. The van der Waals surface area contributed by atoms with Crippen molar-refractivity contribution in [3.05, 3.63) is 53.6 Å². The first-order valence-corrected chi connectivity index (χ1v) is 10.1. The number of hydrogen-bond acceptors (Lipinski definition) is 4. The third-order valence-corrected chi connectivity index (χ3v) is 4.35. The molecule has 0 spiro atoms. The Labute approximate surface area is 173 Å². The molecular weight excluding hydrogens is 368 g/mol. The van der Waals surface area contributed by atoms with Crippen molar-refractivity contribution in [2.75, 3.05) is 20.3 Å². The van der Waals surface area contributed by atoms with E-state index in [1.54, 1.807) is 7.11 Å². The third-order valence-electron chi connectivity index (χ3n) is 4.35. The second-order valence-electron chi connectivity index (χ2n) is 6.80. The first-order chi connectivity index (χ1) is 14.1. The van der Waals surface area contributed by atoms with Crippen LogP contribution in [0.1, 0.15) is 50.8 Å². The van der Waals surface area contributed by atoms with Crippen molar-refractivity contribution in [2.45, 2.75) is 46.2 Å². The number of hydrogen-bond donors (Lipinski definition) is 2. The number of urea groups is 1. The molecule has 2 aromatic carbocycles. The van der Waals surface area contributed by atoms with Crippen LogP contribution in [0.2, 0.25) is 0 Å². The zero-order chi connectivity index (χ0) is 21.1. The number of amides is 2. The van der Waals surface area contributed by atoms with E-state index in [4.69, 9.17) is 14.2 Å². The summed E-state index contributed by atoms with van der Waals surface area (Å²) in [7, 11) is 1.63. The van der Waals surface area contributed by atoms with Crippen molar-refractivity contribution in [3.8, 4) is 17.2 Å².